The van der Waals surface area contributed by atoms with Gasteiger partial charge in [0.25, 0.3) is 0 Å². The summed E-state index contributed by atoms with van der Waals surface area (Å²) in [4.78, 5) is 9.15. The van der Waals surface area contributed by atoms with E-state index in [0.29, 0.717) is 17.8 Å². The van der Waals surface area contributed by atoms with E-state index in [0.717, 1.165) is 22.9 Å². The maximum atomic E-state index is 6.09. The number of alkyl halides is 1. The van der Waals surface area contributed by atoms with Gasteiger partial charge < -0.3 is 4.57 Å². The van der Waals surface area contributed by atoms with Gasteiger partial charge in [0.2, 0.25) is 0 Å². The minimum atomic E-state index is 0.455. The molecule has 2 aromatic heterocycles. The van der Waals surface area contributed by atoms with Gasteiger partial charge in [0.1, 0.15) is 11.3 Å². The molecule has 0 N–H and O–H groups in total. The van der Waals surface area contributed by atoms with Gasteiger partial charge in [-0.3, -0.25) is 0 Å². The molecule has 2 heterocycles. The van der Waals surface area contributed by atoms with Gasteiger partial charge in [0, 0.05) is 12.2 Å². The van der Waals surface area contributed by atoms with Crippen LogP contribution in [0.1, 0.15) is 45.0 Å². The van der Waals surface area contributed by atoms with Crippen molar-refractivity contribution in [3.63, 3.8) is 0 Å². The second-order valence-electron chi connectivity index (χ2n) is 5.55. The van der Waals surface area contributed by atoms with E-state index < -0.39 is 0 Å². The van der Waals surface area contributed by atoms with Crippen LogP contribution >= 0.6 is 11.6 Å². The van der Waals surface area contributed by atoms with Crippen molar-refractivity contribution in [2.24, 2.45) is 11.8 Å². The Morgan fingerprint density at radius 3 is 2.95 bits per heavy atom. The van der Waals surface area contributed by atoms with Crippen molar-refractivity contribution >= 4 is 22.8 Å². The third kappa shape index (κ3) is 2.04. The van der Waals surface area contributed by atoms with Gasteiger partial charge in [0.05, 0.1) is 5.88 Å². The number of hydrogen-bond acceptors (Lipinski definition) is 2. The van der Waals surface area contributed by atoms with Crippen LogP contribution in [0.25, 0.3) is 11.2 Å². The van der Waals surface area contributed by atoms with Gasteiger partial charge in [-0.2, -0.15) is 0 Å². The molecule has 0 saturated heterocycles. The molecule has 1 aliphatic rings. The molecule has 0 amide bonds. The SMILES string of the molecule is CCC1CCC(n2c(CCl)nc3cccnc32)C1C. The van der Waals surface area contributed by atoms with Crippen molar-refractivity contribution in [3.8, 4) is 0 Å². The van der Waals surface area contributed by atoms with Crippen LogP contribution in [-0.2, 0) is 5.88 Å². The highest BCUT2D eigenvalue weighted by Crippen LogP contribution is 2.43. The zero-order chi connectivity index (χ0) is 13.4. The van der Waals surface area contributed by atoms with Gasteiger partial charge in [-0.05, 0) is 36.8 Å². The lowest BCUT2D eigenvalue weighted by atomic mass is 9.93. The predicted octanol–water partition coefficient (Wildman–Crippen LogP) is 4.17. The number of halogens is 1. The fraction of sp³-hybridized carbons (Fsp3) is 0.600. The van der Waals surface area contributed by atoms with E-state index in [2.05, 4.69) is 28.4 Å². The maximum Gasteiger partial charge on any atom is 0.160 e. The van der Waals surface area contributed by atoms with Crippen LogP contribution in [-0.4, -0.2) is 14.5 Å². The smallest absolute Gasteiger partial charge is 0.160 e. The van der Waals surface area contributed by atoms with Gasteiger partial charge in [0.15, 0.2) is 5.65 Å². The highest BCUT2D eigenvalue weighted by Gasteiger charge is 2.34. The van der Waals surface area contributed by atoms with Crippen molar-refractivity contribution in [3.05, 3.63) is 24.2 Å². The predicted molar refractivity (Wildman–Crippen MR) is 78.3 cm³/mol. The maximum absolute atomic E-state index is 6.09. The van der Waals surface area contributed by atoms with Crippen molar-refractivity contribution in [1.29, 1.82) is 0 Å². The monoisotopic (exact) mass is 277 g/mol. The number of imidazole rings is 1. The van der Waals surface area contributed by atoms with E-state index in [1.807, 2.05) is 18.3 Å². The van der Waals surface area contributed by atoms with Crippen LogP contribution in [0.5, 0.6) is 0 Å². The molecule has 0 radical (unpaired) electrons. The van der Waals surface area contributed by atoms with Gasteiger partial charge in [-0.1, -0.05) is 20.3 Å². The summed E-state index contributed by atoms with van der Waals surface area (Å²) in [6, 6.07) is 4.45. The van der Waals surface area contributed by atoms with Crippen molar-refractivity contribution in [1.82, 2.24) is 14.5 Å². The van der Waals surface area contributed by atoms with Crippen LogP contribution in [0, 0.1) is 11.8 Å². The second-order valence-corrected chi connectivity index (χ2v) is 5.82. The van der Waals surface area contributed by atoms with Gasteiger partial charge >= 0.3 is 0 Å². The Kier molecular flexibility index (Phi) is 3.48. The minimum Gasteiger partial charge on any atom is -0.308 e. The molecular formula is C15H20ClN3. The molecule has 1 fully saturated rings. The lowest BCUT2D eigenvalue weighted by Crippen LogP contribution is -2.17. The van der Waals surface area contributed by atoms with E-state index in [4.69, 9.17) is 11.6 Å². The molecule has 1 saturated carbocycles. The van der Waals surface area contributed by atoms with Crippen LogP contribution in [0.15, 0.2) is 18.3 Å². The first kappa shape index (κ1) is 12.9. The van der Waals surface area contributed by atoms with Crippen molar-refractivity contribution in [2.45, 2.75) is 45.0 Å². The first-order valence-electron chi connectivity index (χ1n) is 7.14. The normalized spacial score (nSPS) is 27.2. The van der Waals surface area contributed by atoms with E-state index in [1.54, 1.807) is 0 Å². The molecule has 0 bridgehead atoms. The Morgan fingerprint density at radius 2 is 2.26 bits per heavy atom. The van der Waals surface area contributed by atoms with Gasteiger partial charge in [-0.25, -0.2) is 9.97 Å². The number of hydrogen-bond donors (Lipinski definition) is 0. The average molecular weight is 278 g/mol. The standard InChI is InChI=1S/C15H20ClN3/c1-3-11-6-7-13(10(11)2)19-14(9-16)18-12-5-4-8-17-15(12)19/h4-5,8,10-11,13H,3,6-7,9H2,1-2H3. The molecule has 0 aromatic carbocycles. The summed E-state index contributed by atoms with van der Waals surface area (Å²) in [7, 11) is 0. The molecule has 3 unspecified atom stereocenters. The molecule has 0 aliphatic heterocycles. The molecular weight excluding hydrogens is 258 g/mol. The summed E-state index contributed by atoms with van der Waals surface area (Å²) in [5.41, 5.74) is 1.96. The molecule has 3 nitrogen and oxygen atoms in total. The summed E-state index contributed by atoms with van der Waals surface area (Å²) in [6.07, 6.45) is 5.62. The second kappa shape index (κ2) is 5.12. The molecule has 19 heavy (non-hydrogen) atoms. The Morgan fingerprint density at radius 1 is 1.42 bits per heavy atom. The lowest BCUT2D eigenvalue weighted by molar-refractivity contribution is 0.329. The van der Waals surface area contributed by atoms with E-state index in [9.17, 15) is 0 Å². The zero-order valence-electron chi connectivity index (χ0n) is 11.5. The molecule has 1 aliphatic carbocycles. The number of nitrogens with zero attached hydrogens (tertiary/aromatic N) is 3. The summed E-state index contributed by atoms with van der Waals surface area (Å²) in [5, 5.41) is 0. The molecule has 4 heteroatoms. The highest BCUT2D eigenvalue weighted by molar-refractivity contribution is 6.16. The fourth-order valence-electron chi connectivity index (χ4n) is 3.58. The average Bonchev–Trinajstić information content (AvgIpc) is 2.98. The molecule has 2 aromatic rings. The van der Waals surface area contributed by atoms with Crippen molar-refractivity contribution in [2.75, 3.05) is 0 Å². The third-order valence-corrected chi connectivity index (χ3v) is 4.92. The van der Waals surface area contributed by atoms with Crippen molar-refractivity contribution < 1.29 is 0 Å². The first-order chi connectivity index (χ1) is 9.26. The van der Waals surface area contributed by atoms with Crippen LogP contribution < -0.4 is 0 Å². The summed E-state index contributed by atoms with van der Waals surface area (Å²) in [6.45, 7) is 4.65. The number of rotatable bonds is 3. The molecule has 3 atom stereocenters. The molecule has 102 valence electrons. The number of pyridine rings is 1. The quantitative estimate of drug-likeness (QED) is 0.789. The first-order valence-corrected chi connectivity index (χ1v) is 7.67. The minimum absolute atomic E-state index is 0.455. The highest BCUT2D eigenvalue weighted by atomic mass is 35.5. The van der Waals surface area contributed by atoms with Gasteiger partial charge in [-0.15, -0.1) is 11.6 Å². The third-order valence-electron chi connectivity index (χ3n) is 4.68. The van der Waals surface area contributed by atoms with Crippen LogP contribution in [0.4, 0.5) is 0 Å². The van der Waals surface area contributed by atoms with E-state index in [-0.39, 0.29) is 0 Å². The zero-order valence-corrected chi connectivity index (χ0v) is 12.3. The van der Waals surface area contributed by atoms with Crippen LogP contribution in [0.2, 0.25) is 0 Å². The topological polar surface area (TPSA) is 30.7 Å². The molecule has 3 rings (SSSR count). The Bertz CT molecular complexity index is 578. The molecule has 0 spiro atoms. The van der Waals surface area contributed by atoms with Crippen LogP contribution in [0.3, 0.4) is 0 Å². The van der Waals surface area contributed by atoms with E-state index >= 15 is 0 Å². The fourth-order valence-corrected chi connectivity index (χ4v) is 3.77. The Hall–Kier alpha value is -1.09. The Balaban J connectivity index is 2.09. The summed E-state index contributed by atoms with van der Waals surface area (Å²) >= 11 is 6.09. The largest absolute Gasteiger partial charge is 0.308 e. The number of fused-ring (bicyclic) bond motifs is 1. The number of aromatic nitrogens is 3. The summed E-state index contributed by atoms with van der Waals surface area (Å²) < 4.78 is 2.29. The Labute approximate surface area is 119 Å². The van der Waals surface area contributed by atoms with E-state index in [1.165, 1.54) is 19.3 Å². The lowest BCUT2D eigenvalue weighted by Gasteiger charge is -2.22. The summed E-state index contributed by atoms with van der Waals surface area (Å²) in [5.74, 6) is 2.90.